The molecule has 1 rings (SSSR count). The van der Waals surface area contributed by atoms with Crippen molar-refractivity contribution in [2.24, 2.45) is 0 Å². The van der Waals surface area contributed by atoms with Crippen LogP contribution in [0.25, 0.3) is 0 Å². The third kappa shape index (κ3) is 5.21. The number of rotatable bonds is 6. The van der Waals surface area contributed by atoms with Crippen LogP contribution in [0.15, 0.2) is 32.0 Å². The summed E-state index contributed by atoms with van der Waals surface area (Å²) < 4.78 is 27.4. The predicted molar refractivity (Wildman–Crippen MR) is 80.3 cm³/mol. The molecule has 0 unspecified atom stereocenters. The number of nitrogens with one attached hydrogen (secondary N) is 2. The second-order valence-corrected chi connectivity index (χ2v) is 7.25. The van der Waals surface area contributed by atoms with Crippen molar-refractivity contribution in [3.8, 4) is 0 Å². The zero-order valence-corrected chi connectivity index (χ0v) is 14.2. The molecular weight excluding hydrogens is 400 g/mol. The molecule has 0 bridgehead atoms. The van der Waals surface area contributed by atoms with Crippen molar-refractivity contribution in [1.82, 2.24) is 10.0 Å². The van der Waals surface area contributed by atoms with Gasteiger partial charge in [-0.25, -0.2) is 13.1 Å². The van der Waals surface area contributed by atoms with Gasteiger partial charge in [0.25, 0.3) is 0 Å². The lowest BCUT2D eigenvalue weighted by atomic mass is 10.4. The monoisotopic (exact) mass is 412 g/mol. The molecular formula is C11H14Br2N2O3S. The number of amides is 1. The Hall–Kier alpha value is -0.440. The molecule has 2 N–H and O–H groups in total. The van der Waals surface area contributed by atoms with E-state index >= 15 is 0 Å². The van der Waals surface area contributed by atoms with E-state index in [-0.39, 0.29) is 17.3 Å². The van der Waals surface area contributed by atoms with Gasteiger partial charge in [-0.2, -0.15) is 0 Å². The minimum Gasteiger partial charge on any atom is -0.355 e. The molecule has 1 aromatic rings. The lowest BCUT2D eigenvalue weighted by Crippen LogP contribution is -2.37. The Kier molecular flexibility index (Phi) is 6.45. The van der Waals surface area contributed by atoms with Crippen LogP contribution in [0.3, 0.4) is 0 Å². The van der Waals surface area contributed by atoms with E-state index in [1.54, 1.807) is 12.1 Å². The highest BCUT2D eigenvalue weighted by Gasteiger charge is 2.18. The summed E-state index contributed by atoms with van der Waals surface area (Å²) in [7, 11) is -3.72. The van der Waals surface area contributed by atoms with Crippen LogP contribution in [0.5, 0.6) is 0 Å². The number of hydrogen-bond acceptors (Lipinski definition) is 3. The average molecular weight is 414 g/mol. The van der Waals surface area contributed by atoms with Crippen LogP contribution in [-0.4, -0.2) is 27.4 Å². The summed E-state index contributed by atoms with van der Waals surface area (Å²) in [6, 6.07) is 4.81. The number of carbonyl (C=O) groups is 1. The molecule has 0 radical (unpaired) electrons. The molecule has 0 saturated carbocycles. The van der Waals surface area contributed by atoms with Gasteiger partial charge >= 0.3 is 0 Å². The maximum Gasteiger partial charge on any atom is 0.242 e. The van der Waals surface area contributed by atoms with Crippen LogP contribution in [0.4, 0.5) is 0 Å². The molecule has 0 aliphatic heterocycles. The van der Waals surface area contributed by atoms with Gasteiger partial charge in [0, 0.05) is 15.5 Å². The number of hydrogen-bond donors (Lipinski definition) is 2. The van der Waals surface area contributed by atoms with Crippen LogP contribution in [0.2, 0.25) is 0 Å². The molecule has 0 heterocycles. The van der Waals surface area contributed by atoms with Crippen molar-refractivity contribution >= 4 is 47.8 Å². The first-order chi connectivity index (χ1) is 8.86. The van der Waals surface area contributed by atoms with Gasteiger partial charge < -0.3 is 5.32 Å². The van der Waals surface area contributed by atoms with Gasteiger partial charge in [0.1, 0.15) is 0 Å². The molecule has 1 amide bonds. The molecule has 106 valence electrons. The summed E-state index contributed by atoms with van der Waals surface area (Å²) in [6.07, 6.45) is 0.801. The van der Waals surface area contributed by atoms with Crippen LogP contribution in [0, 0.1) is 0 Å². The van der Waals surface area contributed by atoms with Crippen molar-refractivity contribution in [1.29, 1.82) is 0 Å². The molecule has 0 aliphatic carbocycles. The van der Waals surface area contributed by atoms with Crippen molar-refractivity contribution in [2.75, 3.05) is 13.1 Å². The van der Waals surface area contributed by atoms with Gasteiger partial charge in [-0.15, -0.1) is 0 Å². The summed E-state index contributed by atoms with van der Waals surface area (Å²) >= 11 is 6.39. The highest BCUT2D eigenvalue weighted by atomic mass is 79.9. The molecule has 19 heavy (non-hydrogen) atoms. The maximum absolute atomic E-state index is 12.0. The first-order valence-corrected chi connectivity index (χ1v) is 8.65. The maximum atomic E-state index is 12.0. The van der Waals surface area contributed by atoms with Crippen LogP contribution >= 0.6 is 31.9 Å². The third-order valence-corrected chi connectivity index (χ3v) is 5.07. The van der Waals surface area contributed by atoms with E-state index in [9.17, 15) is 13.2 Å². The van der Waals surface area contributed by atoms with Gasteiger partial charge in [0.05, 0.1) is 11.4 Å². The molecule has 0 aliphatic rings. The first kappa shape index (κ1) is 16.6. The molecule has 0 aromatic heterocycles. The van der Waals surface area contributed by atoms with Crippen molar-refractivity contribution < 1.29 is 13.2 Å². The Morgan fingerprint density at radius 3 is 2.63 bits per heavy atom. The summed E-state index contributed by atoms with van der Waals surface area (Å²) in [5.41, 5.74) is 0. The zero-order chi connectivity index (χ0) is 14.5. The van der Waals surface area contributed by atoms with E-state index in [2.05, 4.69) is 41.9 Å². The average Bonchev–Trinajstić information content (AvgIpc) is 2.36. The topological polar surface area (TPSA) is 75.3 Å². The Bertz CT molecular complexity index is 561. The molecule has 1 aromatic carbocycles. The fourth-order valence-corrected chi connectivity index (χ4v) is 3.73. The van der Waals surface area contributed by atoms with Gasteiger partial charge in [0.15, 0.2) is 0 Å². The highest BCUT2D eigenvalue weighted by molar-refractivity contribution is 9.11. The van der Waals surface area contributed by atoms with E-state index in [0.29, 0.717) is 15.5 Å². The van der Waals surface area contributed by atoms with Crippen molar-refractivity contribution in [2.45, 2.75) is 18.2 Å². The van der Waals surface area contributed by atoms with Crippen molar-refractivity contribution in [3.63, 3.8) is 0 Å². The SMILES string of the molecule is CCCNC(=O)CNS(=O)(=O)c1cc(Br)ccc1Br. The van der Waals surface area contributed by atoms with Gasteiger partial charge in [-0.3, -0.25) is 4.79 Å². The van der Waals surface area contributed by atoms with E-state index in [4.69, 9.17) is 0 Å². The van der Waals surface area contributed by atoms with Crippen LogP contribution < -0.4 is 10.0 Å². The van der Waals surface area contributed by atoms with Gasteiger partial charge in [0.2, 0.25) is 15.9 Å². The van der Waals surface area contributed by atoms with E-state index in [1.807, 2.05) is 6.92 Å². The largest absolute Gasteiger partial charge is 0.355 e. The quantitative estimate of drug-likeness (QED) is 0.748. The summed E-state index contributed by atoms with van der Waals surface area (Å²) in [6.45, 7) is 2.17. The van der Waals surface area contributed by atoms with Crippen molar-refractivity contribution in [3.05, 3.63) is 27.1 Å². The minimum atomic E-state index is -3.72. The first-order valence-electron chi connectivity index (χ1n) is 5.58. The molecule has 8 heteroatoms. The minimum absolute atomic E-state index is 0.0881. The zero-order valence-electron chi connectivity index (χ0n) is 10.2. The Morgan fingerprint density at radius 2 is 2.00 bits per heavy atom. The molecule has 0 spiro atoms. The van der Waals surface area contributed by atoms with Crippen LogP contribution in [-0.2, 0) is 14.8 Å². The number of halogens is 2. The molecule has 0 atom stereocenters. The number of carbonyl (C=O) groups excluding carboxylic acids is 1. The number of benzene rings is 1. The Labute approximate surface area is 129 Å². The Morgan fingerprint density at radius 1 is 1.32 bits per heavy atom. The smallest absolute Gasteiger partial charge is 0.242 e. The normalized spacial score (nSPS) is 11.3. The lowest BCUT2D eigenvalue weighted by molar-refractivity contribution is -0.119. The number of sulfonamides is 1. The summed E-state index contributed by atoms with van der Waals surface area (Å²) in [5.74, 6) is -0.350. The van der Waals surface area contributed by atoms with E-state index in [1.165, 1.54) is 6.07 Å². The highest BCUT2D eigenvalue weighted by Crippen LogP contribution is 2.25. The Balaban J connectivity index is 2.76. The molecule has 0 saturated heterocycles. The van der Waals surface area contributed by atoms with E-state index < -0.39 is 10.0 Å². The van der Waals surface area contributed by atoms with Crippen LogP contribution in [0.1, 0.15) is 13.3 Å². The summed E-state index contributed by atoms with van der Waals surface area (Å²) in [4.78, 5) is 11.5. The predicted octanol–water partition coefficient (Wildman–Crippen LogP) is 2.02. The fourth-order valence-electron chi connectivity index (χ4n) is 1.25. The fraction of sp³-hybridized carbons (Fsp3) is 0.364. The van der Waals surface area contributed by atoms with Gasteiger partial charge in [-0.05, 0) is 40.5 Å². The van der Waals surface area contributed by atoms with Gasteiger partial charge in [-0.1, -0.05) is 22.9 Å². The lowest BCUT2D eigenvalue weighted by Gasteiger charge is -2.09. The second kappa shape index (κ2) is 7.37. The van der Waals surface area contributed by atoms with E-state index in [0.717, 1.165) is 6.42 Å². The molecule has 0 fully saturated rings. The molecule has 5 nitrogen and oxygen atoms in total. The second-order valence-electron chi connectivity index (χ2n) is 3.75. The summed E-state index contributed by atoms with van der Waals surface area (Å²) in [5, 5.41) is 2.60. The third-order valence-electron chi connectivity index (χ3n) is 2.18. The standard InChI is InChI=1S/C11H14Br2N2O3S/c1-2-5-14-11(16)7-15-19(17,18)10-6-8(12)3-4-9(10)13/h3-4,6,15H,2,5,7H2,1H3,(H,14,16).